The third-order valence-corrected chi connectivity index (χ3v) is 5.92. The number of nitrogens with one attached hydrogen (secondary N) is 2. The van der Waals surface area contributed by atoms with Crippen LogP contribution in [0.5, 0.6) is 0 Å². The zero-order chi connectivity index (χ0) is 18.6. The van der Waals surface area contributed by atoms with Crippen molar-refractivity contribution in [1.82, 2.24) is 20.4 Å². The summed E-state index contributed by atoms with van der Waals surface area (Å²) in [6.07, 6.45) is 6.44. The fraction of sp³-hybridized carbons (Fsp3) is 0.950. The number of rotatable bonds is 9. The van der Waals surface area contributed by atoms with E-state index in [9.17, 15) is 0 Å². The largest absolute Gasteiger partial charge is 0.383 e. The van der Waals surface area contributed by atoms with Crippen molar-refractivity contribution in [2.24, 2.45) is 16.8 Å². The number of aliphatic imine (C=N–C) groups is 1. The van der Waals surface area contributed by atoms with E-state index in [2.05, 4.69) is 32.3 Å². The van der Waals surface area contributed by atoms with Gasteiger partial charge in [-0.2, -0.15) is 0 Å². The topological polar surface area (TPSA) is 52.1 Å². The fourth-order valence-corrected chi connectivity index (χ4v) is 3.89. The molecule has 26 heavy (non-hydrogen) atoms. The minimum Gasteiger partial charge on any atom is -0.383 e. The second-order valence-electron chi connectivity index (χ2n) is 8.04. The fourth-order valence-electron chi connectivity index (χ4n) is 3.89. The molecule has 0 atom stereocenters. The Bertz CT molecular complexity index is 388. The first-order valence-electron chi connectivity index (χ1n) is 10.6. The van der Waals surface area contributed by atoms with Crippen LogP contribution in [0.25, 0.3) is 0 Å². The van der Waals surface area contributed by atoms with E-state index in [0.29, 0.717) is 0 Å². The quantitative estimate of drug-likeness (QED) is 0.369. The number of nitrogens with zero attached hydrogens (tertiary/aromatic N) is 3. The zero-order valence-electron chi connectivity index (χ0n) is 17.3. The molecule has 0 aliphatic carbocycles. The molecular weight excluding hydrogens is 326 g/mol. The highest BCUT2D eigenvalue weighted by molar-refractivity contribution is 5.79. The number of hydrogen-bond acceptors (Lipinski definition) is 4. The maximum atomic E-state index is 5.17. The molecule has 0 amide bonds. The molecule has 2 saturated heterocycles. The number of methoxy groups -OCH3 is 1. The summed E-state index contributed by atoms with van der Waals surface area (Å²) in [7, 11) is 3.65. The molecule has 2 N–H and O–H groups in total. The van der Waals surface area contributed by atoms with Crippen molar-refractivity contribution in [2.45, 2.75) is 39.0 Å². The lowest BCUT2D eigenvalue weighted by Crippen LogP contribution is -2.44. The van der Waals surface area contributed by atoms with Crippen molar-refractivity contribution in [1.29, 1.82) is 0 Å². The Morgan fingerprint density at radius 1 is 1.00 bits per heavy atom. The van der Waals surface area contributed by atoms with E-state index in [1.54, 1.807) is 7.11 Å². The molecule has 0 aromatic heterocycles. The van der Waals surface area contributed by atoms with Crippen molar-refractivity contribution in [2.75, 3.05) is 73.1 Å². The van der Waals surface area contributed by atoms with Crippen LogP contribution >= 0.6 is 0 Å². The summed E-state index contributed by atoms with van der Waals surface area (Å²) in [4.78, 5) is 9.49. The van der Waals surface area contributed by atoms with Gasteiger partial charge in [-0.1, -0.05) is 6.92 Å². The van der Waals surface area contributed by atoms with E-state index in [0.717, 1.165) is 44.0 Å². The third-order valence-electron chi connectivity index (χ3n) is 5.92. The predicted octanol–water partition coefficient (Wildman–Crippen LogP) is 1.63. The lowest BCUT2D eigenvalue weighted by molar-refractivity contribution is 0.121. The molecule has 152 valence electrons. The number of likely N-dealkylation sites (tertiary alicyclic amines) is 2. The van der Waals surface area contributed by atoms with Gasteiger partial charge in [0.2, 0.25) is 0 Å². The summed E-state index contributed by atoms with van der Waals surface area (Å²) in [5.41, 5.74) is 0. The third kappa shape index (κ3) is 8.23. The number of piperidine rings is 2. The van der Waals surface area contributed by atoms with E-state index in [1.165, 1.54) is 64.8 Å². The number of guanidine groups is 1. The van der Waals surface area contributed by atoms with Crippen molar-refractivity contribution in [3.05, 3.63) is 0 Å². The lowest BCUT2D eigenvalue weighted by atomic mass is 9.97. The van der Waals surface area contributed by atoms with Crippen LogP contribution in [-0.4, -0.2) is 88.9 Å². The van der Waals surface area contributed by atoms with Gasteiger partial charge in [0, 0.05) is 33.8 Å². The molecule has 0 unspecified atom stereocenters. The minimum absolute atomic E-state index is 0.752. The summed E-state index contributed by atoms with van der Waals surface area (Å²) < 4.78 is 5.17. The molecule has 0 saturated carbocycles. The lowest BCUT2D eigenvalue weighted by Gasteiger charge is -2.32. The highest BCUT2D eigenvalue weighted by Crippen LogP contribution is 2.16. The Kier molecular flexibility index (Phi) is 10.3. The van der Waals surface area contributed by atoms with Crippen LogP contribution in [-0.2, 0) is 4.74 Å². The van der Waals surface area contributed by atoms with Gasteiger partial charge in [-0.3, -0.25) is 4.99 Å². The molecule has 0 spiro atoms. The van der Waals surface area contributed by atoms with E-state index in [4.69, 9.17) is 4.74 Å². The SMILES string of the molecule is CN=C(NCCCN1CCC(C)CC1)NCC1CCN(CCOC)CC1. The maximum Gasteiger partial charge on any atom is 0.190 e. The van der Waals surface area contributed by atoms with Crippen molar-refractivity contribution < 1.29 is 4.74 Å². The minimum atomic E-state index is 0.752. The van der Waals surface area contributed by atoms with Gasteiger partial charge in [-0.25, -0.2) is 0 Å². The summed E-state index contributed by atoms with van der Waals surface area (Å²) in [5, 5.41) is 7.00. The van der Waals surface area contributed by atoms with Gasteiger partial charge in [-0.15, -0.1) is 0 Å². The molecule has 6 nitrogen and oxygen atoms in total. The molecule has 2 fully saturated rings. The molecule has 2 rings (SSSR count). The molecule has 2 aliphatic rings. The molecule has 0 aromatic carbocycles. The smallest absolute Gasteiger partial charge is 0.190 e. The first-order chi connectivity index (χ1) is 12.7. The highest BCUT2D eigenvalue weighted by atomic mass is 16.5. The molecule has 0 radical (unpaired) electrons. The van der Waals surface area contributed by atoms with Gasteiger partial charge in [0.05, 0.1) is 6.61 Å². The number of hydrogen-bond donors (Lipinski definition) is 2. The van der Waals surface area contributed by atoms with Gasteiger partial charge in [0.25, 0.3) is 0 Å². The van der Waals surface area contributed by atoms with Gasteiger partial charge in [0.15, 0.2) is 5.96 Å². The zero-order valence-corrected chi connectivity index (χ0v) is 17.3. The molecule has 6 heteroatoms. The first kappa shape index (κ1) is 21.5. The molecular formula is C20H41N5O. The van der Waals surface area contributed by atoms with E-state index in [-0.39, 0.29) is 0 Å². The Morgan fingerprint density at radius 3 is 2.31 bits per heavy atom. The van der Waals surface area contributed by atoms with Gasteiger partial charge in [0.1, 0.15) is 0 Å². The molecule has 2 heterocycles. The predicted molar refractivity (Wildman–Crippen MR) is 110 cm³/mol. The monoisotopic (exact) mass is 367 g/mol. The average Bonchev–Trinajstić information content (AvgIpc) is 2.68. The van der Waals surface area contributed by atoms with Crippen LogP contribution in [0.4, 0.5) is 0 Å². The van der Waals surface area contributed by atoms with Crippen molar-refractivity contribution >= 4 is 5.96 Å². The summed E-state index contributed by atoms with van der Waals surface area (Å²) in [6.45, 7) is 12.4. The molecule has 2 aliphatic heterocycles. The highest BCUT2D eigenvalue weighted by Gasteiger charge is 2.19. The Labute approximate surface area is 160 Å². The standard InChI is InChI=1S/C20H41N5O/c1-18-5-11-24(12-6-18)10-4-9-22-20(21-2)23-17-19-7-13-25(14-8-19)15-16-26-3/h18-19H,4-17H2,1-3H3,(H2,21,22,23). The van der Waals surface area contributed by atoms with E-state index in [1.807, 2.05) is 7.05 Å². The summed E-state index contributed by atoms with van der Waals surface area (Å²) >= 11 is 0. The van der Waals surface area contributed by atoms with Crippen molar-refractivity contribution in [3.63, 3.8) is 0 Å². The summed E-state index contributed by atoms with van der Waals surface area (Å²) in [6, 6.07) is 0. The van der Waals surface area contributed by atoms with Gasteiger partial charge >= 0.3 is 0 Å². The average molecular weight is 368 g/mol. The van der Waals surface area contributed by atoms with E-state index < -0.39 is 0 Å². The van der Waals surface area contributed by atoms with Crippen LogP contribution in [0.1, 0.15) is 39.0 Å². The Balaban J connectivity index is 1.51. The Morgan fingerprint density at radius 2 is 1.65 bits per heavy atom. The molecule has 0 aromatic rings. The van der Waals surface area contributed by atoms with Crippen LogP contribution in [0, 0.1) is 11.8 Å². The van der Waals surface area contributed by atoms with Gasteiger partial charge in [-0.05, 0) is 76.7 Å². The van der Waals surface area contributed by atoms with Crippen LogP contribution in [0.15, 0.2) is 4.99 Å². The second kappa shape index (κ2) is 12.5. The Hall–Kier alpha value is -0.850. The van der Waals surface area contributed by atoms with Crippen LogP contribution < -0.4 is 10.6 Å². The summed E-state index contributed by atoms with van der Waals surface area (Å²) in [5.74, 6) is 2.63. The van der Waals surface area contributed by atoms with Crippen LogP contribution in [0.3, 0.4) is 0 Å². The van der Waals surface area contributed by atoms with Crippen LogP contribution in [0.2, 0.25) is 0 Å². The normalized spacial score (nSPS) is 21.9. The van der Waals surface area contributed by atoms with Gasteiger partial charge < -0.3 is 25.2 Å². The second-order valence-corrected chi connectivity index (χ2v) is 8.04. The maximum absolute atomic E-state index is 5.17. The molecule has 0 bridgehead atoms. The number of ether oxygens (including phenoxy) is 1. The van der Waals surface area contributed by atoms with Crippen molar-refractivity contribution in [3.8, 4) is 0 Å². The van der Waals surface area contributed by atoms with E-state index >= 15 is 0 Å². The first-order valence-corrected chi connectivity index (χ1v) is 10.6.